The second kappa shape index (κ2) is 9.33. The molecule has 0 bridgehead atoms. The highest BCUT2D eigenvalue weighted by molar-refractivity contribution is 6.33. The number of halogens is 1. The normalized spacial score (nSPS) is 9.93. The summed E-state index contributed by atoms with van der Waals surface area (Å²) >= 11 is 5.81. The number of ether oxygens (including phenoxy) is 2. The van der Waals surface area contributed by atoms with Gasteiger partial charge in [-0.25, -0.2) is 9.59 Å². The topological polar surface area (TPSA) is 137 Å². The number of esters is 1. The van der Waals surface area contributed by atoms with Gasteiger partial charge >= 0.3 is 12.0 Å². The molecular weight excluding hydrogens is 394 g/mol. The molecule has 0 heterocycles. The van der Waals surface area contributed by atoms with E-state index in [9.17, 15) is 24.5 Å². The fourth-order valence-corrected chi connectivity index (χ4v) is 2.19. The van der Waals surface area contributed by atoms with Gasteiger partial charge in [-0.1, -0.05) is 11.6 Å². The minimum absolute atomic E-state index is 0.0757. The number of urea groups is 1. The summed E-state index contributed by atoms with van der Waals surface area (Å²) in [5.74, 6) is -1.35. The Hall–Kier alpha value is -3.66. The van der Waals surface area contributed by atoms with Crippen molar-refractivity contribution in [3.8, 4) is 5.75 Å². The molecule has 2 rings (SSSR count). The Kier molecular flexibility index (Phi) is 6.88. The van der Waals surface area contributed by atoms with Gasteiger partial charge in [0, 0.05) is 17.8 Å². The molecule has 0 spiro atoms. The molecule has 10 nitrogen and oxygen atoms in total. The number of nitrogens with one attached hydrogen (secondary N) is 2. The molecule has 0 atom stereocenters. The van der Waals surface area contributed by atoms with Crippen LogP contribution in [0.5, 0.6) is 5.75 Å². The summed E-state index contributed by atoms with van der Waals surface area (Å²) in [6.45, 7) is -0.784. The number of imide groups is 1. The van der Waals surface area contributed by atoms with Crippen LogP contribution in [0.15, 0.2) is 42.5 Å². The average molecular weight is 408 g/mol. The van der Waals surface area contributed by atoms with E-state index >= 15 is 0 Å². The molecule has 2 aromatic rings. The summed E-state index contributed by atoms with van der Waals surface area (Å²) in [4.78, 5) is 45.5. The standard InChI is InChI=1S/C17H14ClN3O7/c1-27-12-5-2-10(3-6-12)19-17(24)20-15(22)9-28-16(23)13-8-11(21(25)26)4-7-14(13)18/h2-8H,9H2,1H3,(H2,19,20,22,24). The van der Waals surface area contributed by atoms with Crippen molar-refractivity contribution in [2.45, 2.75) is 0 Å². The van der Waals surface area contributed by atoms with E-state index < -0.39 is 29.4 Å². The Balaban J connectivity index is 1.87. The number of hydrogen-bond acceptors (Lipinski definition) is 7. The number of amides is 3. The Morgan fingerprint density at radius 2 is 1.82 bits per heavy atom. The fourth-order valence-electron chi connectivity index (χ4n) is 1.99. The molecule has 0 aliphatic carbocycles. The van der Waals surface area contributed by atoms with Crippen LogP contribution >= 0.6 is 11.6 Å². The number of non-ortho nitro benzene ring substituents is 1. The number of rotatable bonds is 6. The molecule has 0 radical (unpaired) electrons. The number of nitrogens with zero attached hydrogens (tertiary/aromatic N) is 1. The van der Waals surface area contributed by atoms with Crippen LogP contribution in [-0.2, 0) is 9.53 Å². The van der Waals surface area contributed by atoms with Gasteiger partial charge in [0.1, 0.15) is 5.75 Å². The van der Waals surface area contributed by atoms with Gasteiger partial charge in [-0.05, 0) is 30.3 Å². The summed E-state index contributed by atoms with van der Waals surface area (Å²) in [7, 11) is 1.50. The van der Waals surface area contributed by atoms with Crippen molar-refractivity contribution in [1.29, 1.82) is 0 Å². The zero-order valence-electron chi connectivity index (χ0n) is 14.4. The first-order valence-corrected chi connectivity index (χ1v) is 8.04. The summed E-state index contributed by atoms with van der Waals surface area (Å²) in [5, 5.41) is 15.1. The van der Waals surface area contributed by atoms with Gasteiger partial charge in [-0.15, -0.1) is 0 Å². The minimum Gasteiger partial charge on any atom is -0.497 e. The lowest BCUT2D eigenvalue weighted by molar-refractivity contribution is -0.384. The lowest BCUT2D eigenvalue weighted by Crippen LogP contribution is -2.37. The number of anilines is 1. The van der Waals surface area contributed by atoms with Crippen molar-refractivity contribution in [2.75, 3.05) is 19.0 Å². The Morgan fingerprint density at radius 3 is 2.43 bits per heavy atom. The lowest BCUT2D eigenvalue weighted by atomic mass is 10.2. The van der Waals surface area contributed by atoms with E-state index in [0.717, 1.165) is 12.1 Å². The van der Waals surface area contributed by atoms with E-state index in [1.54, 1.807) is 24.3 Å². The summed E-state index contributed by atoms with van der Waals surface area (Å²) in [6.07, 6.45) is 0. The third-order valence-corrected chi connectivity index (χ3v) is 3.65. The quantitative estimate of drug-likeness (QED) is 0.426. The van der Waals surface area contributed by atoms with Crippen LogP contribution in [0.4, 0.5) is 16.2 Å². The van der Waals surface area contributed by atoms with Crippen LogP contribution in [0.1, 0.15) is 10.4 Å². The average Bonchev–Trinajstić information content (AvgIpc) is 2.66. The van der Waals surface area contributed by atoms with E-state index in [0.29, 0.717) is 11.4 Å². The van der Waals surface area contributed by atoms with Gasteiger partial charge in [0.2, 0.25) is 0 Å². The molecule has 0 saturated carbocycles. The van der Waals surface area contributed by atoms with Crippen LogP contribution in [0.3, 0.4) is 0 Å². The van der Waals surface area contributed by atoms with Crippen LogP contribution in [0.25, 0.3) is 0 Å². The minimum atomic E-state index is -1.04. The molecular formula is C17H14ClN3O7. The second-order valence-corrected chi connectivity index (χ2v) is 5.64. The monoisotopic (exact) mass is 407 g/mol. The Labute approximate surface area is 163 Å². The first-order chi connectivity index (χ1) is 13.3. The molecule has 0 aliphatic heterocycles. The fraction of sp³-hybridized carbons (Fsp3) is 0.118. The van der Waals surface area contributed by atoms with Crippen LogP contribution in [0.2, 0.25) is 5.02 Å². The van der Waals surface area contributed by atoms with Gasteiger partial charge < -0.3 is 14.8 Å². The maximum absolute atomic E-state index is 12.0. The van der Waals surface area contributed by atoms with Crippen molar-refractivity contribution in [1.82, 2.24) is 5.32 Å². The first kappa shape index (κ1) is 20.6. The largest absolute Gasteiger partial charge is 0.497 e. The van der Waals surface area contributed by atoms with E-state index in [-0.39, 0.29) is 16.3 Å². The summed E-state index contributed by atoms with van der Waals surface area (Å²) < 4.78 is 9.71. The summed E-state index contributed by atoms with van der Waals surface area (Å²) in [5.41, 5.74) is -0.225. The number of carbonyl (C=O) groups is 3. The second-order valence-electron chi connectivity index (χ2n) is 5.23. The molecule has 0 aliphatic rings. The molecule has 3 amide bonds. The van der Waals surface area contributed by atoms with E-state index in [2.05, 4.69) is 5.32 Å². The van der Waals surface area contributed by atoms with E-state index in [1.807, 2.05) is 5.32 Å². The third-order valence-electron chi connectivity index (χ3n) is 3.32. The Bertz CT molecular complexity index is 915. The molecule has 146 valence electrons. The van der Waals surface area contributed by atoms with Gasteiger partial charge in [0.25, 0.3) is 11.6 Å². The number of hydrogen-bond donors (Lipinski definition) is 2. The molecule has 28 heavy (non-hydrogen) atoms. The molecule has 2 aromatic carbocycles. The van der Waals surface area contributed by atoms with Gasteiger partial charge in [-0.3, -0.25) is 20.2 Å². The predicted molar refractivity (Wildman–Crippen MR) is 98.5 cm³/mol. The summed E-state index contributed by atoms with van der Waals surface area (Å²) in [6, 6.07) is 8.73. The third kappa shape index (κ3) is 5.68. The lowest BCUT2D eigenvalue weighted by Gasteiger charge is -2.08. The smallest absolute Gasteiger partial charge is 0.340 e. The van der Waals surface area contributed by atoms with Gasteiger partial charge in [0.05, 0.1) is 22.6 Å². The Morgan fingerprint density at radius 1 is 1.14 bits per heavy atom. The van der Waals surface area contributed by atoms with Crippen LogP contribution in [-0.4, -0.2) is 36.5 Å². The van der Waals surface area contributed by atoms with Gasteiger partial charge in [-0.2, -0.15) is 0 Å². The van der Waals surface area contributed by atoms with Crippen molar-refractivity contribution < 1.29 is 28.8 Å². The number of methoxy groups -OCH3 is 1. The number of nitro benzene ring substituents is 1. The maximum atomic E-state index is 12.0. The highest BCUT2D eigenvalue weighted by atomic mass is 35.5. The number of nitro groups is 1. The highest BCUT2D eigenvalue weighted by Gasteiger charge is 2.18. The highest BCUT2D eigenvalue weighted by Crippen LogP contribution is 2.22. The molecule has 2 N–H and O–H groups in total. The van der Waals surface area contributed by atoms with Gasteiger partial charge in [0.15, 0.2) is 6.61 Å². The maximum Gasteiger partial charge on any atom is 0.340 e. The van der Waals surface area contributed by atoms with Crippen molar-refractivity contribution in [2.24, 2.45) is 0 Å². The zero-order valence-corrected chi connectivity index (χ0v) is 15.2. The van der Waals surface area contributed by atoms with E-state index in [4.69, 9.17) is 21.1 Å². The number of carbonyl (C=O) groups excluding carboxylic acids is 3. The molecule has 0 unspecified atom stereocenters. The zero-order chi connectivity index (χ0) is 20.7. The molecule has 0 saturated heterocycles. The molecule has 0 fully saturated rings. The number of benzene rings is 2. The predicted octanol–water partition coefficient (Wildman–Crippen LogP) is 2.76. The SMILES string of the molecule is COc1ccc(NC(=O)NC(=O)COC(=O)c2cc([N+](=O)[O-])ccc2Cl)cc1. The van der Waals surface area contributed by atoms with Crippen molar-refractivity contribution in [3.05, 3.63) is 63.2 Å². The first-order valence-electron chi connectivity index (χ1n) is 7.66. The van der Waals surface area contributed by atoms with E-state index in [1.165, 1.54) is 13.2 Å². The van der Waals surface area contributed by atoms with Crippen molar-refractivity contribution >= 4 is 40.9 Å². The molecule has 0 aromatic heterocycles. The van der Waals surface area contributed by atoms with Crippen molar-refractivity contribution in [3.63, 3.8) is 0 Å². The van der Waals surface area contributed by atoms with Crippen LogP contribution < -0.4 is 15.4 Å². The van der Waals surface area contributed by atoms with Crippen LogP contribution in [0, 0.1) is 10.1 Å². The molecule has 11 heteroatoms.